The molecule has 5 rings (SSSR count). The number of nitrogens with zero attached hydrogens (tertiary/aromatic N) is 3. The largest absolute Gasteiger partial charge is 0.485 e. The van der Waals surface area contributed by atoms with Gasteiger partial charge in [0.2, 0.25) is 11.7 Å². The molecule has 0 aliphatic carbocycles. The molecular weight excluding hydrogens is 597 g/mol. The molecule has 0 saturated carbocycles. The number of nitrogens with one attached hydrogen (secondary N) is 1. The average molecular weight is 621 g/mol. The highest BCUT2D eigenvalue weighted by Crippen LogP contribution is 2.33. The molecule has 12 heteroatoms. The first-order valence-corrected chi connectivity index (χ1v) is 14.6. The second-order valence-corrected chi connectivity index (χ2v) is 11.1. The Morgan fingerprint density at radius 1 is 0.953 bits per heavy atom. The molecule has 0 aliphatic heterocycles. The van der Waals surface area contributed by atoms with Crippen molar-refractivity contribution in [3.8, 4) is 26.9 Å². The normalized spacial score (nSPS) is 11.5. The average Bonchev–Trinajstić information content (AvgIpc) is 3.63. The quantitative estimate of drug-likeness (QED) is 0.101. The van der Waals surface area contributed by atoms with Crippen molar-refractivity contribution < 1.29 is 27.5 Å². The van der Waals surface area contributed by atoms with Crippen molar-refractivity contribution in [2.24, 2.45) is 5.10 Å². The summed E-state index contributed by atoms with van der Waals surface area (Å²) in [4.78, 5) is 34.4. The molecule has 1 amide bonds. The van der Waals surface area contributed by atoms with Crippen LogP contribution in [0.4, 0.5) is 13.2 Å². The molecule has 0 fully saturated rings. The maximum atomic E-state index is 13.0. The van der Waals surface area contributed by atoms with Gasteiger partial charge in [-0.1, -0.05) is 42.5 Å². The molecule has 3 aromatic carbocycles. The third-order valence-electron chi connectivity index (χ3n) is 6.05. The summed E-state index contributed by atoms with van der Waals surface area (Å²) < 4.78 is 44.7. The molecule has 218 valence electrons. The van der Waals surface area contributed by atoms with Crippen molar-refractivity contribution in [3.05, 3.63) is 112 Å². The third-order valence-corrected chi connectivity index (χ3v) is 8.24. The van der Waals surface area contributed by atoms with Crippen LogP contribution in [0.3, 0.4) is 0 Å². The molecule has 0 unspecified atom stereocenters. The summed E-state index contributed by atoms with van der Waals surface area (Å²) >= 11 is 2.50. The Morgan fingerprint density at radius 2 is 1.70 bits per heavy atom. The van der Waals surface area contributed by atoms with Gasteiger partial charge in [-0.15, -0.1) is 22.7 Å². The van der Waals surface area contributed by atoms with Crippen LogP contribution in [0.15, 0.2) is 89.3 Å². The second kappa shape index (κ2) is 13.1. The number of hydrogen-bond donors (Lipinski definition) is 1. The van der Waals surface area contributed by atoms with Gasteiger partial charge in [0.1, 0.15) is 15.8 Å². The molecule has 5 aromatic rings. The van der Waals surface area contributed by atoms with Gasteiger partial charge in [-0.05, 0) is 48.9 Å². The summed E-state index contributed by atoms with van der Waals surface area (Å²) in [6.07, 6.45) is -3.08. The summed E-state index contributed by atoms with van der Waals surface area (Å²) in [7, 11) is 0. The van der Waals surface area contributed by atoms with Crippen LogP contribution in [-0.4, -0.2) is 34.5 Å². The molecule has 0 atom stereocenters. The molecule has 0 radical (unpaired) electrons. The number of aromatic nitrogens is 2. The van der Waals surface area contributed by atoms with E-state index >= 15 is 0 Å². The monoisotopic (exact) mass is 620 g/mol. The van der Waals surface area contributed by atoms with Gasteiger partial charge in [-0.2, -0.15) is 18.3 Å². The fourth-order valence-electron chi connectivity index (χ4n) is 3.96. The summed E-state index contributed by atoms with van der Waals surface area (Å²) in [6, 6.07) is 21.4. The summed E-state index contributed by atoms with van der Waals surface area (Å²) in [5, 5.41) is 6.74. The van der Waals surface area contributed by atoms with Crippen LogP contribution >= 0.6 is 22.7 Å². The van der Waals surface area contributed by atoms with E-state index in [2.05, 4.69) is 20.5 Å². The number of ether oxygens (including phenoxy) is 1. The Morgan fingerprint density at radius 3 is 2.44 bits per heavy atom. The van der Waals surface area contributed by atoms with Crippen molar-refractivity contribution in [2.45, 2.75) is 19.5 Å². The number of hydrazone groups is 1. The van der Waals surface area contributed by atoms with Crippen molar-refractivity contribution in [3.63, 3.8) is 0 Å². The number of benzene rings is 3. The van der Waals surface area contributed by atoms with Gasteiger partial charge < -0.3 is 4.74 Å². The van der Waals surface area contributed by atoms with Crippen molar-refractivity contribution in [1.82, 2.24) is 15.4 Å². The van der Waals surface area contributed by atoms with Gasteiger partial charge in [0.25, 0.3) is 0 Å². The smallest absolute Gasteiger partial charge is 0.416 e. The van der Waals surface area contributed by atoms with E-state index in [4.69, 9.17) is 4.74 Å². The number of carbonyl (C=O) groups excluding carboxylic acids is 2. The highest BCUT2D eigenvalue weighted by molar-refractivity contribution is 7.17. The first-order chi connectivity index (χ1) is 20.7. The number of hydrogen-bond acceptors (Lipinski definition) is 8. The number of Topliss-reactive ketones (excluding diaryl/α,β-unsaturated/α-hetero) is 1. The predicted molar refractivity (Wildman–Crippen MR) is 161 cm³/mol. The SMILES string of the molecule is Cc1nc(-c2ccccc2)sc1C(=O)COc1ccc(/C=N\NC(=O)Cc2csc(-c3cccc(C(F)(F)F)c3)n2)cc1. The van der Waals surface area contributed by atoms with Crippen LogP contribution in [-0.2, 0) is 17.4 Å². The zero-order valence-electron chi connectivity index (χ0n) is 22.6. The summed E-state index contributed by atoms with van der Waals surface area (Å²) in [5.74, 6) is -0.0860. The molecule has 2 heterocycles. The molecule has 0 aliphatic rings. The van der Waals surface area contributed by atoms with Gasteiger partial charge in [-0.25, -0.2) is 15.4 Å². The second-order valence-electron chi connectivity index (χ2n) is 9.27. The van der Waals surface area contributed by atoms with E-state index in [9.17, 15) is 22.8 Å². The van der Waals surface area contributed by atoms with Crippen LogP contribution < -0.4 is 10.2 Å². The fraction of sp³-hybridized carbons (Fsp3) is 0.129. The molecular formula is C31H23F3N4O3S2. The number of halogens is 3. The van der Waals surface area contributed by atoms with Crippen LogP contribution in [0.25, 0.3) is 21.1 Å². The number of amides is 1. The van der Waals surface area contributed by atoms with Crippen LogP contribution in [0, 0.1) is 6.92 Å². The van der Waals surface area contributed by atoms with E-state index in [1.54, 1.807) is 42.6 Å². The predicted octanol–water partition coefficient (Wildman–Crippen LogP) is 7.22. The lowest BCUT2D eigenvalue weighted by molar-refractivity contribution is -0.137. The van der Waals surface area contributed by atoms with Crippen LogP contribution in [0.2, 0.25) is 0 Å². The van der Waals surface area contributed by atoms with Crippen molar-refractivity contribution in [1.29, 1.82) is 0 Å². The number of ketones is 1. The van der Waals surface area contributed by atoms with Gasteiger partial charge in [0.15, 0.2) is 6.61 Å². The minimum Gasteiger partial charge on any atom is -0.485 e. The first kappa shape index (κ1) is 29.8. The van der Waals surface area contributed by atoms with E-state index < -0.39 is 17.6 Å². The Labute approximate surface area is 252 Å². The number of rotatable bonds is 10. The van der Waals surface area contributed by atoms with Crippen LogP contribution in [0.1, 0.15) is 32.2 Å². The lowest BCUT2D eigenvalue weighted by atomic mass is 10.1. The molecule has 0 saturated heterocycles. The third kappa shape index (κ3) is 7.79. The first-order valence-electron chi connectivity index (χ1n) is 12.9. The van der Waals surface area contributed by atoms with E-state index in [0.717, 1.165) is 34.0 Å². The maximum absolute atomic E-state index is 13.0. The van der Waals surface area contributed by atoms with Gasteiger partial charge in [0, 0.05) is 16.5 Å². The Balaban J connectivity index is 1.10. The van der Waals surface area contributed by atoms with E-state index in [1.165, 1.54) is 23.6 Å². The number of alkyl halides is 3. The van der Waals surface area contributed by atoms with E-state index in [1.807, 2.05) is 30.3 Å². The van der Waals surface area contributed by atoms with Gasteiger partial charge in [0.05, 0.1) is 34.5 Å². The van der Waals surface area contributed by atoms with Gasteiger partial charge in [-0.3, -0.25) is 9.59 Å². The Bertz CT molecular complexity index is 1770. The highest BCUT2D eigenvalue weighted by Gasteiger charge is 2.30. The maximum Gasteiger partial charge on any atom is 0.416 e. The minimum absolute atomic E-state index is 0.0836. The topological polar surface area (TPSA) is 93.5 Å². The van der Waals surface area contributed by atoms with E-state index in [0.29, 0.717) is 38.1 Å². The Kier molecular flexibility index (Phi) is 9.07. The highest BCUT2D eigenvalue weighted by atomic mass is 32.1. The van der Waals surface area contributed by atoms with Crippen molar-refractivity contribution in [2.75, 3.05) is 6.61 Å². The molecule has 1 N–H and O–H groups in total. The zero-order valence-corrected chi connectivity index (χ0v) is 24.2. The lowest BCUT2D eigenvalue weighted by Crippen LogP contribution is -2.19. The van der Waals surface area contributed by atoms with E-state index in [-0.39, 0.29) is 18.8 Å². The standard InChI is InChI=1S/C31H23F3N4O3S2/c1-19-28(43-30(36-19)21-6-3-2-4-7-21)26(39)17-41-25-12-10-20(11-13-25)16-35-38-27(40)15-24-18-42-29(37-24)22-8-5-9-23(14-22)31(32,33)34/h2-14,16,18H,15,17H2,1H3,(H,38,40)/b35-16-. The summed E-state index contributed by atoms with van der Waals surface area (Å²) in [5.41, 5.74) is 4.71. The van der Waals surface area contributed by atoms with Crippen molar-refractivity contribution >= 4 is 40.6 Å². The number of aryl methyl sites for hydroxylation is 1. The van der Waals surface area contributed by atoms with Gasteiger partial charge >= 0.3 is 6.18 Å². The minimum atomic E-state index is -4.45. The summed E-state index contributed by atoms with van der Waals surface area (Å²) in [6.45, 7) is 1.67. The number of thiazole rings is 2. The molecule has 43 heavy (non-hydrogen) atoms. The zero-order chi connectivity index (χ0) is 30.4. The Hall–Kier alpha value is -4.68. The lowest BCUT2D eigenvalue weighted by Gasteiger charge is -2.07. The number of carbonyl (C=O) groups is 2. The molecule has 0 spiro atoms. The fourth-order valence-corrected chi connectivity index (χ4v) is 5.77. The molecule has 2 aromatic heterocycles. The van der Waals surface area contributed by atoms with Crippen LogP contribution in [0.5, 0.6) is 5.75 Å². The molecule has 7 nitrogen and oxygen atoms in total. The molecule has 0 bridgehead atoms.